The van der Waals surface area contributed by atoms with Gasteiger partial charge >= 0.3 is 7.60 Å². The second-order valence-corrected chi connectivity index (χ2v) is 10.0. The maximum atomic E-state index is 13.7. The molecule has 152 valence electrons. The lowest BCUT2D eigenvalue weighted by atomic mass is 10.2. The minimum absolute atomic E-state index is 0.0214. The molecule has 0 aliphatic rings. The molecule has 3 aromatic carbocycles. The van der Waals surface area contributed by atoms with Gasteiger partial charge in [-0.3, -0.25) is 8.77 Å². The van der Waals surface area contributed by atoms with Gasteiger partial charge in [-0.1, -0.05) is 90.5 Å². The molecule has 0 bridgehead atoms. The molecule has 7 heteroatoms. The second-order valence-electron chi connectivity index (χ2n) is 6.58. The van der Waals surface area contributed by atoms with Gasteiger partial charge in [0.05, 0.1) is 13.2 Å². The van der Waals surface area contributed by atoms with E-state index in [1.165, 1.54) is 0 Å². The van der Waals surface area contributed by atoms with Crippen molar-refractivity contribution in [1.29, 1.82) is 0 Å². The van der Waals surface area contributed by atoms with Crippen LogP contribution in [0, 0.1) is 6.92 Å². The van der Waals surface area contributed by atoms with Gasteiger partial charge in [0.15, 0.2) is 0 Å². The monoisotopic (exact) mass is 429 g/mol. The van der Waals surface area contributed by atoms with E-state index < -0.39 is 23.7 Å². The van der Waals surface area contributed by atoms with E-state index >= 15 is 0 Å². The summed E-state index contributed by atoms with van der Waals surface area (Å²) >= 11 is -2.71. The minimum atomic E-state index is -4.07. The Bertz CT molecular complexity index is 930. The van der Waals surface area contributed by atoms with Crippen LogP contribution in [-0.4, -0.2) is 8.76 Å². The highest BCUT2D eigenvalue weighted by Crippen LogP contribution is 2.63. The standard InChI is InChI=1S/C22H23O5PS/c1-18-12-14-21(15-13-18)22(29(24)25)28(23,26-16-19-8-4-2-5-9-19)27-17-20-10-6-3-7-11-20/h2-15,22H,16-17H2,1H3,(H,24,25)/p-1. The fraction of sp³-hybridized carbons (Fsp3) is 0.182. The average Bonchev–Trinajstić information content (AvgIpc) is 2.74. The van der Waals surface area contributed by atoms with E-state index in [1.54, 1.807) is 24.3 Å². The van der Waals surface area contributed by atoms with Crippen molar-refractivity contribution >= 4 is 18.7 Å². The molecule has 0 aromatic heterocycles. The Morgan fingerprint density at radius 1 is 0.828 bits per heavy atom. The summed E-state index contributed by atoms with van der Waals surface area (Å²) in [6.45, 7) is 1.85. The van der Waals surface area contributed by atoms with E-state index in [-0.39, 0.29) is 13.2 Å². The molecule has 3 rings (SSSR count). The molecule has 0 spiro atoms. The first-order valence-corrected chi connectivity index (χ1v) is 11.8. The number of aryl methyl sites for hydroxylation is 1. The smallest absolute Gasteiger partial charge is 0.350 e. The highest BCUT2D eigenvalue weighted by molar-refractivity contribution is 7.88. The van der Waals surface area contributed by atoms with Crippen LogP contribution in [0.5, 0.6) is 0 Å². The van der Waals surface area contributed by atoms with Gasteiger partial charge in [-0.05, 0) is 34.7 Å². The molecule has 0 saturated heterocycles. The highest BCUT2D eigenvalue weighted by Gasteiger charge is 2.39. The van der Waals surface area contributed by atoms with Crippen LogP contribution in [0.4, 0.5) is 0 Å². The van der Waals surface area contributed by atoms with Crippen LogP contribution in [0.3, 0.4) is 0 Å². The van der Waals surface area contributed by atoms with Crippen LogP contribution in [0.25, 0.3) is 0 Å². The summed E-state index contributed by atoms with van der Waals surface area (Å²) in [6, 6.07) is 25.1. The van der Waals surface area contributed by atoms with Gasteiger partial charge in [0.2, 0.25) is 0 Å². The minimum Gasteiger partial charge on any atom is -0.771 e. The van der Waals surface area contributed by atoms with Crippen molar-refractivity contribution < 1.29 is 22.4 Å². The second kappa shape index (κ2) is 10.1. The maximum absolute atomic E-state index is 13.7. The Morgan fingerprint density at radius 2 is 1.28 bits per heavy atom. The zero-order valence-electron chi connectivity index (χ0n) is 16.0. The zero-order chi connectivity index (χ0) is 20.7. The molecule has 0 aliphatic heterocycles. The van der Waals surface area contributed by atoms with Gasteiger partial charge in [-0.2, -0.15) is 0 Å². The Kier molecular flexibility index (Phi) is 7.53. The van der Waals surface area contributed by atoms with Gasteiger partial charge in [-0.15, -0.1) is 0 Å². The predicted molar refractivity (Wildman–Crippen MR) is 113 cm³/mol. The largest absolute Gasteiger partial charge is 0.771 e. The lowest BCUT2D eigenvalue weighted by molar-refractivity contribution is 0.188. The molecule has 29 heavy (non-hydrogen) atoms. The third-order valence-corrected chi connectivity index (χ3v) is 8.12. The molecule has 0 heterocycles. The van der Waals surface area contributed by atoms with Gasteiger partial charge < -0.3 is 13.6 Å². The van der Waals surface area contributed by atoms with Crippen molar-refractivity contribution in [3.8, 4) is 0 Å². The maximum Gasteiger partial charge on any atom is 0.350 e. The van der Waals surface area contributed by atoms with Crippen LogP contribution in [-0.2, 0) is 37.9 Å². The van der Waals surface area contributed by atoms with E-state index in [0.29, 0.717) is 5.56 Å². The Labute approximate surface area is 173 Å². The Balaban J connectivity index is 1.91. The molecule has 0 N–H and O–H groups in total. The van der Waals surface area contributed by atoms with Crippen molar-refractivity contribution in [3.05, 3.63) is 107 Å². The molecule has 2 atom stereocenters. The van der Waals surface area contributed by atoms with Crippen molar-refractivity contribution in [2.45, 2.75) is 25.1 Å². The fourth-order valence-corrected chi connectivity index (χ4v) is 5.91. The summed E-state index contributed by atoms with van der Waals surface area (Å²) in [4.78, 5) is -1.42. The third-order valence-electron chi connectivity index (χ3n) is 4.34. The molecule has 2 unspecified atom stereocenters. The molecule has 0 amide bonds. The van der Waals surface area contributed by atoms with Gasteiger partial charge in [-0.25, -0.2) is 0 Å². The predicted octanol–water partition coefficient (Wildman–Crippen LogP) is 5.50. The zero-order valence-corrected chi connectivity index (χ0v) is 17.7. The molecular weight excluding hydrogens is 407 g/mol. The van der Waals surface area contributed by atoms with Crippen molar-refractivity contribution in [2.75, 3.05) is 0 Å². The van der Waals surface area contributed by atoms with Crippen LogP contribution in [0.15, 0.2) is 84.9 Å². The summed E-state index contributed by atoms with van der Waals surface area (Å²) in [5, 5.41) is 0. The average molecular weight is 429 g/mol. The SMILES string of the molecule is Cc1ccc(C(S(=O)[O-])P(=O)(OCc2ccccc2)OCc2ccccc2)cc1. The van der Waals surface area contributed by atoms with Crippen molar-refractivity contribution in [3.63, 3.8) is 0 Å². The van der Waals surface area contributed by atoms with Gasteiger partial charge in [0.25, 0.3) is 0 Å². The molecule has 0 aliphatic carbocycles. The van der Waals surface area contributed by atoms with E-state index in [9.17, 15) is 13.3 Å². The van der Waals surface area contributed by atoms with E-state index in [1.807, 2.05) is 67.6 Å². The quantitative estimate of drug-likeness (QED) is 0.332. The highest BCUT2D eigenvalue weighted by atomic mass is 32.2. The number of rotatable bonds is 9. The van der Waals surface area contributed by atoms with Crippen molar-refractivity contribution in [2.24, 2.45) is 0 Å². The van der Waals surface area contributed by atoms with Gasteiger partial charge in [0.1, 0.15) is 4.99 Å². The van der Waals surface area contributed by atoms with E-state index in [2.05, 4.69) is 0 Å². The number of hydrogen-bond acceptors (Lipinski definition) is 5. The van der Waals surface area contributed by atoms with E-state index in [0.717, 1.165) is 16.7 Å². The first-order chi connectivity index (χ1) is 14.0. The summed E-state index contributed by atoms with van der Waals surface area (Å²) in [5.41, 5.74) is 2.88. The van der Waals surface area contributed by atoms with Crippen LogP contribution >= 0.6 is 7.60 Å². The topological polar surface area (TPSA) is 75.7 Å². The van der Waals surface area contributed by atoms with Crippen molar-refractivity contribution in [1.82, 2.24) is 0 Å². The summed E-state index contributed by atoms with van der Waals surface area (Å²) in [6.07, 6.45) is 0. The number of hydrogen-bond donors (Lipinski definition) is 0. The van der Waals surface area contributed by atoms with Crippen LogP contribution in [0.2, 0.25) is 0 Å². The summed E-state index contributed by atoms with van der Waals surface area (Å²) in [5.74, 6) is 0. The number of benzene rings is 3. The molecule has 0 fully saturated rings. The molecule has 0 radical (unpaired) electrons. The fourth-order valence-electron chi connectivity index (χ4n) is 2.78. The summed E-state index contributed by atoms with van der Waals surface area (Å²) < 4.78 is 49.4. The molecular formula is C22H22O5PS-. The molecule has 5 nitrogen and oxygen atoms in total. The van der Waals surface area contributed by atoms with E-state index in [4.69, 9.17) is 9.05 Å². The first kappa shape index (κ1) is 21.6. The lowest BCUT2D eigenvalue weighted by Crippen LogP contribution is -2.12. The molecule has 0 saturated carbocycles. The van der Waals surface area contributed by atoms with Crippen LogP contribution in [0.1, 0.15) is 27.2 Å². The first-order valence-electron chi connectivity index (χ1n) is 9.09. The van der Waals surface area contributed by atoms with Crippen LogP contribution < -0.4 is 0 Å². The Hall–Kier alpha value is -2.08. The molecule has 3 aromatic rings. The lowest BCUT2D eigenvalue weighted by Gasteiger charge is -2.29. The summed E-state index contributed by atoms with van der Waals surface area (Å²) in [7, 11) is -4.07. The normalized spacial score (nSPS) is 13.7. The van der Waals surface area contributed by atoms with Gasteiger partial charge in [0, 0.05) is 0 Å². The Morgan fingerprint density at radius 3 is 1.69 bits per heavy atom. The third kappa shape index (κ3) is 5.95.